The van der Waals surface area contributed by atoms with Crippen molar-refractivity contribution in [3.8, 4) is 11.5 Å². The third-order valence-corrected chi connectivity index (χ3v) is 5.16. The van der Waals surface area contributed by atoms with Crippen LogP contribution in [0.15, 0.2) is 23.2 Å². The number of rotatable bonds is 11. The van der Waals surface area contributed by atoms with Gasteiger partial charge in [0.2, 0.25) is 0 Å². The van der Waals surface area contributed by atoms with Gasteiger partial charge in [0.25, 0.3) is 0 Å². The molecule has 7 heteroatoms. The minimum Gasteiger partial charge on any atom is -0.497 e. The molecule has 2 N–H and O–H groups in total. The number of methoxy groups -OCH3 is 2. The fraction of sp³-hybridized carbons (Fsp3) is 0.682. The maximum absolute atomic E-state index is 5.60. The molecule has 0 atom stereocenters. The van der Waals surface area contributed by atoms with Gasteiger partial charge in [0.15, 0.2) is 5.96 Å². The number of anilines is 1. The molecule has 7 nitrogen and oxygen atoms in total. The Hall–Kier alpha value is -2.15. The largest absolute Gasteiger partial charge is 0.497 e. The molecule has 1 aliphatic heterocycles. The fourth-order valence-electron chi connectivity index (χ4n) is 3.37. The molecule has 0 radical (unpaired) electrons. The number of guanidine groups is 1. The minimum absolute atomic E-state index is 0.422. The maximum Gasteiger partial charge on any atom is 0.191 e. The molecule has 1 aromatic carbocycles. The summed E-state index contributed by atoms with van der Waals surface area (Å²) in [5, 5.41) is 6.95. The average molecular weight is 407 g/mol. The normalized spacial score (nSPS) is 15.3. The number of unbranched alkanes of at least 4 members (excludes halogenated alkanes) is 1. The summed E-state index contributed by atoms with van der Waals surface area (Å²) in [4.78, 5) is 6.74. The second kappa shape index (κ2) is 13.1. The van der Waals surface area contributed by atoms with Gasteiger partial charge in [0, 0.05) is 69.8 Å². The monoisotopic (exact) mass is 406 g/mol. The van der Waals surface area contributed by atoms with Gasteiger partial charge in [-0.3, -0.25) is 4.99 Å². The number of ether oxygens (including phenoxy) is 3. The molecule has 2 rings (SSSR count). The Morgan fingerprint density at radius 1 is 1.07 bits per heavy atom. The highest BCUT2D eigenvalue weighted by molar-refractivity contribution is 5.80. The molecule has 0 unspecified atom stereocenters. The Bertz CT molecular complexity index is 594. The Balaban J connectivity index is 1.73. The van der Waals surface area contributed by atoms with E-state index < -0.39 is 0 Å². The van der Waals surface area contributed by atoms with E-state index >= 15 is 0 Å². The highest BCUT2D eigenvalue weighted by Crippen LogP contribution is 2.30. The van der Waals surface area contributed by atoms with Gasteiger partial charge in [-0.2, -0.15) is 0 Å². The van der Waals surface area contributed by atoms with Gasteiger partial charge in [0.1, 0.15) is 11.5 Å². The molecule has 0 aliphatic carbocycles. The van der Waals surface area contributed by atoms with Crippen molar-refractivity contribution < 1.29 is 14.2 Å². The predicted molar refractivity (Wildman–Crippen MR) is 120 cm³/mol. The highest BCUT2D eigenvalue weighted by Gasteiger charge is 2.21. The Kier molecular flexibility index (Phi) is 10.5. The summed E-state index contributed by atoms with van der Waals surface area (Å²) in [6, 6.07) is 6.46. The topological polar surface area (TPSA) is 67.4 Å². The first-order chi connectivity index (χ1) is 14.2. The molecule has 0 spiro atoms. The van der Waals surface area contributed by atoms with E-state index in [0.717, 1.165) is 81.7 Å². The van der Waals surface area contributed by atoms with Crippen molar-refractivity contribution in [1.29, 1.82) is 0 Å². The van der Waals surface area contributed by atoms with Gasteiger partial charge in [-0.1, -0.05) is 13.3 Å². The van der Waals surface area contributed by atoms with Gasteiger partial charge < -0.3 is 29.7 Å². The van der Waals surface area contributed by atoms with Crippen LogP contribution in [0.5, 0.6) is 11.5 Å². The lowest BCUT2D eigenvalue weighted by Crippen LogP contribution is -2.49. The lowest BCUT2D eigenvalue weighted by atomic mass is 10.0. The molecule has 0 aromatic heterocycles. The Labute approximate surface area is 175 Å². The zero-order chi connectivity index (χ0) is 20.9. The number of hydrogen-bond donors (Lipinski definition) is 2. The van der Waals surface area contributed by atoms with Crippen molar-refractivity contribution in [2.45, 2.75) is 45.1 Å². The zero-order valence-corrected chi connectivity index (χ0v) is 18.5. The van der Waals surface area contributed by atoms with Gasteiger partial charge in [-0.25, -0.2) is 0 Å². The molecule has 1 heterocycles. The van der Waals surface area contributed by atoms with Crippen molar-refractivity contribution >= 4 is 11.6 Å². The lowest BCUT2D eigenvalue weighted by Gasteiger charge is -2.34. The van der Waals surface area contributed by atoms with Crippen molar-refractivity contribution in [3.05, 3.63) is 18.2 Å². The van der Waals surface area contributed by atoms with Crippen LogP contribution in [0.3, 0.4) is 0 Å². The molecule has 1 aliphatic rings. The van der Waals surface area contributed by atoms with Crippen LogP contribution in [0.1, 0.15) is 39.0 Å². The first-order valence-corrected chi connectivity index (χ1v) is 10.7. The summed E-state index contributed by atoms with van der Waals surface area (Å²) in [6.45, 7) is 6.67. The second-order valence-corrected chi connectivity index (χ2v) is 7.29. The van der Waals surface area contributed by atoms with Crippen LogP contribution in [-0.2, 0) is 4.74 Å². The standard InChI is InChI=1S/C22H38N4O3/c1-5-6-13-29-14-7-10-24-22(23-2)25-18-8-11-26(12-9-18)19-15-20(27-3)17-21(16-19)28-4/h15-18H,5-14H2,1-4H3,(H2,23,24,25). The summed E-state index contributed by atoms with van der Waals surface area (Å²) in [5.74, 6) is 2.52. The van der Waals surface area contributed by atoms with E-state index in [4.69, 9.17) is 14.2 Å². The van der Waals surface area contributed by atoms with Crippen LogP contribution in [0.4, 0.5) is 5.69 Å². The van der Waals surface area contributed by atoms with Gasteiger partial charge in [-0.15, -0.1) is 0 Å². The zero-order valence-electron chi connectivity index (χ0n) is 18.5. The molecule has 0 saturated carbocycles. The Morgan fingerprint density at radius 3 is 2.31 bits per heavy atom. The number of nitrogens with zero attached hydrogens (tertiary/aromatic N) is 2. The molecule has 0 bridgehead atoms. The number of aliphatic imine (C=N–C) groups is 1. The molecule has 1 saturated heterocycles. The summed E-state index contributed by atoms with van der Waals surface area (Å²) in [6.07, 6.45) is 5.41. The molecular weight excluding hydrogens is 368 g/mol. The average Bonchev–Trinajstić information content (AvgIpc) is 2.77. The molecule has 0 amide bonds. The number of nitrogens with one attached hydrogen (secondary N) is 2. The van der Waals surface area contributed by atoms with Gasteiger partial charge in [-0.05, 0) is 25.7 Å². The van der Waals surface area contributed by atoms with E-state index in [-0.39, 0.29) is 0 Å². The van der Waals surface area contributed by atoms with Crippen LogP contribution in [0.25, 0.3) is 0 Å². The third-order valence-electron chi connectivity index (χ3n) is 5.16. The number of hydrogen-bond acceptors (Lipinski definition) is 5. The van der Waals surface area contributed by atoms with E-state index in [2.05, 4.69) is 39.6 Å². The van der Waals surface area contributed by atoms with Crippen molar-refractivity contribution in [2.24, 2.45) is 4.99 Å². The molecule has 29 heavy (non-hydrogen) atoms. The molecule has 164 valence electrons. The summed E-state index contributed by atoms with van der Waals surface area (Å²) >= 11 is 0. The molecular formula is C22H38N4O3. The maximum atomic E-state index is 5.60. The van der Waals surface area contributed by atoms with Gasteiger partial charge >= 0.3 is 0 Å². The Morgan fingerprint density at radius 2 is 1.72 bits per heavy atom. The van der Waals surface area contributed by atoms with Crippen LogP contribution >= 0.6 is 0 Å². The number of benzene rings is 1. The van der Waals surface area contributed by atoms with E-state index in [1.807, 2.05) is 13.1 Å². The smallest absolute Gasteiger partial charge is 0.191 e. The SMILES string of the molecule is CCCCOCCCNC(=NC)NC1CCN(c2cc(OC)cc(OC)c2)CC1. The second-order valence-electron chi connectivity index (χ2n) is 7.29. The summed E-state index contributed by atoms with van der Waals surface area (Å²) in [5.41, 5.74) is 1.14. The highest BCUT2D eigenvalue weighted by atomic mass is 16.5. The van der Waals surface area contributed by atoms with Crippen LogP contribution in [0.2, 0.25) is 0 Å². The van der Waals surface area contributed by atoms with E-state index in [0.29, 0.717) is 6.04 Å². The minimum atomic E-state index is 0.422. The first kappa shape index (κ1) is 23.1. The van der Waals surface area contributed by atoms with Crippen molar-refractivity contribution in [3.63, 3.8) is 0 Å². The first-order valence-electron chi connectivity index (χ1n) is 10.7. The third kappa shape index (κ3) is 8.01. The quantitative estimate of drug-likeness (QED) is 0.334. The molecule has 1 aromatic rings. The van der Waals surface area contributed by atoms with Crippen molar-refractivity contribution in [1.82, 2.24) is 10.6 Å². The van der Waals surface area contributed by atoms with E-state index in [1.54, 1.807) is 14.2 Å². The lowest BCUT2D eigenvalue weighted by molar-refractivity contribution is 0.129. The van der Waals surface area contributed by atoms with E-state index in [1.165, 1.54) is 6.42 Å². The summed E-state index contributed by atoms with van der Waals surface area (Å²) in [7, 11) is 5.19. The number of piperidine rings is 1. The van der Waals surface area contributed by atoms with Crippen LogP contribution in [0, 0.1) is 0 Å². The molecule has 1 fully saturated rings. The van der Waals surface area contributed by atoms with Crippen LogP contribution < -0.4 is 25.0 Å². The fourth-order valence-corrected chi connectivity index (χ4v) is 3.37. The van der Waals surface area contributed by atoms with Crippen molar-refractivity contribution in [2.75, 3.05) is 59.0 Å². The summed E-state index contributed by atoms with van der Waals surface area (Å²) < 4.78 is 16.4. The van der Waals surface area contributed by atoms with Gasteiger partial charge in [0.05, 0.1) is 14.2 Å². The van der Waals surface area contributed by atoms with Crippen LogP contribution in [-0.4, -0.2) is 66.1 Å². The predicted octanol–water partition coefficient (Wildman–Crippen LogP) is 3.04. The van der Waals surface area contributed by atoms with E-state index in [9.17, 15) is 0 Å².